The predicted octanol–water partition coefficient (Wildman–Crippen LogP) is -3.09. The van der Waals surface area contributed by atoms with Crippen molar-refractivity contribution < 1.29 is 87.2 Å². The van der Waals surface area contributed by atoms with E-state index < -0.39 is 157 Å². The number of nitrogens with zero attached hydrogens (tertiary/aromatic N) is 5. The number of hydrogen-bond acceptors (Lipinski definition) is 21. The Morgan fingerprint density at radius 1 is 0.570 bits per heavy atom. The fourth-order valence-corrected chi connectivity index (χ4v) is 12.0. The molecule has 2 aromatic heterocycles. The summed E-state index contributed by atoms with van der Waals surface area (Å²) in [7, 11) is 0. The summed E-state index contributed by atoms with van der Waals surface area (Å²) >= 11 is 8.02. The largest absolute Gasteiger partial charge is 0.480 e. The lowest BCUT2D eigenvalue weighted by atomic mass is 10.0. The van der Waals surface area contributed by atoms with E-state index in [0.717, 1.165) is 6.07 Å². The number of nitrogens with one attached hydrogen (secondary N) is 12. The predicted molar refractivity (Wildman–Crippen MR) is 392 cm³/mol. The second-order valence-corrected chi connectivity index (χ2v) is 27.9. The maximum atomic E-state index is 14.5. The molecule has 39 heteroatoms. The summed E-state index contributed by atoms with van der Waals surface area (Å²) in [4.78, 5) is 214. The molecule has 37 nitrogen and oxygen atoms in total. The average Bonchev–Trinajstić information content (AvgIpc) is 1.58. The Kier molecular flexibility index (Phi) is 35.9. The molecule has 0 spiro atoms. The number of carboxylic acids is 3. The zero-order chi connectivity index (χ0) is 79.0. The Labute approximate surface area is 626 Å². The van der Waals surface area contributed by atoms with Gasteiger partial charge < -0.3 is 89.9 Å². The van der Waals surface area contributed by atoms with Crippen LogP contribution in [-0.4, -0.2) is 285 Å². The summed E-state index contributed by atoms with van der Waals surface area (Å²) in [6, 6.07) is 1.50. The molecule has 12 amide bonds. The van der Waals surface area contributed by atoms with E-state index in [1.807, 2.05) is 20.1 Å². The molecular weight excluding hydrogens is 1440 g/mol. The number of amides is 12. The highest BCUT2D eigenvalue weighted by atomic mass is 35.5. The number of thioether (sulfide) groups is 1. The second-order valence-electron chi connectivity index (χ2n) is 26.5. The number of hydrogen-bond donors (Lipinski definition) is 17. The standard InChI is InChI=1S/C68H98ClN19O18S/c1-38(2)25-50(66(104)80-48(61(71)99)15-24-107-6)82-67(105)52(28-43-30-72-37-76-43)79-55(91)32-75-68(106)60(39(3)4)84-62(100)40(5)77-65(103)51(27-42-29-73-46-10-8-7-9-44(42)46)83-64(102)49(13-14-53(70)89)81-63(101)41-11-12-47(45(69)26-41)78-54(90)31-74-56(92)33-85-16-18-86(34-57(93)94)20-22-88(36-59(97)98)23-21-87(19-17-85)35-58(95)96/h7-12,26,29-30,37-40,48-52,60,73H,13-25,27-28,31-36H2,1-6H3,(H2,70,89)(H2,71,99)(H,72,76)(H,74,92)(H,75,106)(H,77,103)(H,78,90)(H,79,91)(H,80,104)(H,81,101)(H,82,105)(H,83,102)(H,84,100)(H,93,94)(H,95,96)(H,97,98)/t40-,48-,49-,50-,51-,52-,60-/m0/s1. The number of nitrogens with two attached hydrogens (primary N) is 2. The van der Waals surface area contributed by atoms with Crippen LogP contribution in [0.15, 0.2) is 61.2 Å². The summed E-state index contributed by atoms with van der Waals surface area (Å²) in [5, 5.41) is 54.9. The Balaban J connectivity index is 1.23. The highest BCUT2D eigenvalue weighted by Crippen LogP contribution is 2.24. The third-order valence-corrected chi connectivity index (χ3v) is 18.0. The number of fused-ring (bicyclic) bond motifs is 1. The minimum atomic E-state index is -1.55. The minimum absolute atomic E-state index is 0.00138. The molecule has 19 N–H and O–H groups in total. The van der Waals surface area contributed by atoms with Crippen LogP contribution in [0.4, 0.5) is 5.69 Å². The van der Waals surface area contributed by atoms with Crippen LogP contribution in [0, 0.1) is 11.8 Å². The minimum Gasteiger partial charge on any atom is -0.480 e. The molecule has 0 radical (unpaired) electrons. The fourth-order valence-electron chi connectivity index (χ4n) is 11.3. The number of anilines is 1. The van der Waals surface area contributed by atoms with Crippen molar-refractivity contribution >= 4 is 129 Å². The van der Waals surface area contributed by atoms with Crippen molar-refractivity contribution in [2.75, 3.05) is 109 Å². The number of para-hydroxylation sites is 1. The van der Waals surface area contributed by atoms with Gasteiger partial charge in [0.25, 0.3) is 5.91 Å². The van der Waals surface area contributed by atoms with E-state index >= 15 is 0 Å². The Bertz CT molecular complexity index is 3740. The van der Waals surface area contributed by atoms with Gasteiger partial charge in [0.15, 0.2) is 0 Å². The van der Waals surface area contributed by atoms with Crippen molar-refractivity contribution in [2.24, 2.45) is 23.3 Å². The number of aromatic nitrogens is 3. The smallest absolute Gasteiger partial charge is 0.317 e. The first-order valence-corrected chi connectivity index (χ1v) is 36.4. The van der Waals surface area contributed by atoms with Crippen molar-refractivity contribution in [3.8, 4) is 0 Å². The van der Waals surface area contributed by atoms with Gasteiger partial charge in [-0.15, -0.1) is 0 Å². The molecular formula is C68H98ClN19O18S. The molecule has 3 heterocycles. The van der Waals surface area contributed by atoms with Crippen molar-refractivity contribution in [2.45, 2.75) is 115 Å². The molecule has 0 saturated carbocycles. The summed E-state index contributed by atoms with van der Waals surface area (Å²) in [5.41, 5.74) is 12.5. The van der Waals surface area contributed by atoms with Gasteiger partial charge in [-0.2, -0.15) is 11.8 Å². The molecule has 0 aliphatic carbocycles. The quantitative estimate of drug-likeness (QED) is 0.0209. The lowest BCUT2D eigenvalue weighted by Gasteiger charge is -2.32. The number of carbonyl (C=O) groups is 15. The van der Waals surface area contributed by atoms with Crippen LogP contribution in [-0.2, 0) is 80.0 Å². The Morgan fingerprint density at radius 2 is 1.11 bits per heavy atom. The molecule has 107 heavy (non-hydrogen) atoms. The topological polar surface area (TPSA) is 547 Å². The van der Waals surface area contributed by atoms with Crippen LogP contribution in [0.3, 0.4) is 0 Å². The van der Waals surface area contributed by atoms with E-state index in [0.29, 0.717) is 27.9 Å². The molecule has 0 unspecified atom stereocenters. The van der Waals surface area contributed by atoms with E-state index in [9.17, 15) is 87.2 Å². The number of rotatable bonds is 41. The summed E-state index contributed by atoms with van der Waals surface area (Å²) in [6.45, 7) is 6.77. The molecule has 1 fully saturated rings. The molecule has 586 valence electrons. The van der Waals surface area contributed by atoms with E-state index in [-0.39, 0.29) is 133 Å². The number of aromatic amines is 2. The molecule has 2 aromatic carbocycles. The Hall–Kier alpha value is -10.3. The lowest BCUT2D eigenvalue weighted by Crippen LogP contribution is -2.59. The second kappa shape index (κ2) is 44.0. The van der Waals surface area contributed by atoms with E-state index in [2.05, 4.69) is 68.1 Å². The summed E-state index contributed by atoms with van der Waals surface area (Å²) in [6.07, 6.45) is 5.54. The van der Waals surface area contributed by atoms with Gasteiger partial charge in [0.05, 0.1) is 62.0 Å². The first kappa shape index (κ1) is 87.4. The van der Waals surface area contributed by atoms with Gasteiger partial charge in [0.2, 0.25) is 65.0 Å². The number of imidazole rings is 1. The molecule has 7 atom stereocenters. The number of benzene rings is 2. The van der Waals surface area contributed by atoms with Crippen LogP contribution in [0.1, 0.15) is 81.9 Å². The summed E-state index contributed by atoms with van der Waals surface area (Å²) in [5.74, 6) is -13.3. The average molecular weight is 1540 g/mol. The van der Waals surface area contributed by atoms with Gasteiger partial charge in [0.1, 0.15) is 42.3 Å². The van der Waals surface area contributed by atoms with Crippen molar-refractivity contribution in [1.82, 2.24) is 82.4 Å². The van der Waals surface area contributed by atoms with Gasteiger partial charge in [-0.1, -0.05) is 57.5 Å². The number of primary amides is 2. The molecule has 5 rings (SSSR count). The van der Waals surface area contributed by atoms with Crippen LogP contribution in [0.25, 0.3) is 10.9 Å². The van der Waals surface area contributed by atoms with Gasteiger partial charge in [-0.25, -0.2) is 4.98 Å². The molecule has 4 aromatic rings. The highest BCUT2D eigenvalue weighted by Gasteiger charge is 2.35. The number of carbonyl (C=O) groups excluding carboxylic acids is 12. The highest BCUT2D eigenvalue weighted by molar-refractivity contribution is 7.98. The van der Waals surface area contributed by atoms with Gasteiger partial charge in [0, 0.05) is 100 Å². The fraction of sp³-hybridized carbons (Fsp3) is 0.529. The van der Waals surface area contributed by atoms with Gasteiger partial charge in [-0.05, 0) is 79.9 Å². The normalized spacial score (nSPS) is 15.4. The van der Waals surface area contributed by atoms with Gasteiger partial charge >= 0.3 is 17.9 Å². The number of H-pyrrole nitrogens is 2. The first-order valence-electron chi connectivity index (χ1n) is 34.6. The zero-order valence-electron chi connectivity index (χ0n) is 60.5. The van der Waals surface area contributed by atoms with Crippen LogP contribution in [0.5, 0.6) is 0 Å². The molecule has 1 aliphatic heterocycles. The van der Waals surface area contributed by atoms with Crippen molar-refractivity contribution in [3.63, 3.8) is 0 Å². The number of halogens is 1. The zero-order valence-corrected chi connectivity index (χ0v) is 62.0. The van der Waals surface area contributed by atoms with Crippen LogP contribution >= 0.6 is 23.4 Å². The van der Waals surface area contributed by atoms with Gasteiger partial charge in [-0.3, -0.25) is 91.5 Å². The molecule has 1 aliphatic rings. The number of aliphatic carboxylic acids is 3. The van der Waals surface area contributed by atoms with Crippen LogP contribution in [0.2, 0.25) is 5.02 Å². The van der Waals surface area contributed by atoms with Crippen LogP contribution < -0.4 is 64.6 Å². The molecule has 1 saturated heterocycles. The maximum absolute atomic E-state index is 14.5. The lowest BCUT2D eigenvalue weighted by molar-refractivity contribution is -0.140. The third-order valence-electron chi connectivity index (χ3n) is 17.0. The third kappa shape index (κ3) is 31.0. The monoisotopic (exact) mass is 1540 g/mol. The Morgan fingerprint density at radius 3 is 1.65 bits per heavy atom. The number of carboxylic acid groups (broad SMARTS) is 3. The summed E-state index contributed by atoms with van der Waals surface area (Å²) < 4.78 is 0. The first-order chi connectivity index (χ1) is 50.7. The SMILES string of the molecule is CSCC[C@H](NC(=O)[C@H](CC(C)C)NC(=O)[C@H](Cc1c[nH]cn1)NC(=O)CNC(=O)[C@@H](NC(=O)[C@H](C)NC(=O)[C@H](Cc1c[nH]c2ccccc12)NC(=O)[C@H](CCC(N)=O)NC(=O)c1ccc(NC(=O)CNC(=O)CN2CCN(CC(=O)O)CCN(CC(=O)O)CCN(CC(=O)O)CC2)c(Cl)c1)C(C)C)C(N)=O. The van der Waals surface area contributed by atoms with E-state index in [1.165, 1.54) is 43.3 Å². The maximum Gasteiger partial charge on any atom is 0.317 e. The van der Waals surface area contributed by atoms with Crippen molar-refractivity contribution in [1.29, 1.82) is 0 Å². The van der Waals surface area contributed by atoms with E-state index in [1.54, 1.807) is 63.9 Å². The molecule has 0 bridgehead atoms. The van der Waals surface area contributed by atoms with Crippen molar-refractivity contribution in [3.05, 3.63) is 83.0 Å². The van der Waals surface area contributed by atoms with E-state index in [4.69, 9.17) is 23.1 Å².